The monoisotopic (exact) mass is 1370 g/mol. The molecule has 0 saturated carbocycles. The Bertz CT molecular complexity index is 3600. The Morgan fingerprint density at radius 1 is 0.579 bits per heavy atom. The maximum atomic E-state index is 12.3. The van der Waals surface area contributed by atoms with Gasteiger partial charge in [0.25, 0.3) is 0 Å². The van der Waals surface area contributed by atoms with E-state index in [9.17, 15) is 9.59 Å². The van der Waals surface area contributed by atoms with Crippen molar-refractivity contribution in [3.63, 3.8) is 0 Å². The minimum atomic E-state index is -0.510. The maximum absolute atomic E-state index is 12.3. The van der Waals surface area contributed by atoms with E-state index in [2.05, 4.69) is 101 Å². The fourth-order valence-electron chi connectivity index (χ4n) is 9.45. The van der Waals surface area contributed by atoms with E-state index in [0.717, 1.165) is 92.0 Å². The number of anilines is 6. The molecule has 3 atom stereocenters. The Balaban J connectivity index is 0.000000166. The predicted molar refractivity (Wildman–Crippen MR) is 367 cm³/mol. The SMILES string of the molecule is CC1(C)OB(c2ccn[nH]2)OC1(C)C.CN(C(=O)OC(C)(C)C)[C@@H]1CCN(c2cc(-c3ccn[nH]3)nc(N)n2)C1.CN(C(=O)OC(C)(C)C)[C@@H]1CCNC1.CN[C@@H]1CCN(c2cc(-c3ccn[nH]3)nc(N)n2)C1.Nc1nc(Cl)cc(-c2ccn[nH]2)n1.Nc1nc(Cl)cc(Cl)n1. The summed E-state index contributed by atoms with van der Waals surface area (Å²) in [6.45, 7) is 24.6. The van der Waals surface area contributed by atoms with Crippen LogP contribution in [0.5, 0.6) is 0 Å². The molecular weight excluding hydrogens is 1290 g/mol. The molecule has 12 rings (SSSR count). The van der Waals surface area contributed by atoms with Gasteiger partial charge in [-0.2, -0.15) is 30.4 Å². The number of aromatic amines is 4. The van der Waals surface area contributed by atoms with Crippen molar-refractivity contribution in [2.45, 2.75) is 129 Å². The van der Waals surface area contributed by atoms with Crippen LogP contribution in [0, 0.1) is 0 Å². The zero-order valence-electron chi connectivity index (χ0n) is 55.6. The van der Waals surface area contributed by atoms with Gasteiger partial charge >= 0.3 is 19.3 Å². The molecule has 95 heavy (non-hydrogen) atoms. The summed E-state index contributed by atoms with van der Waals surface area (Å²) in [7, 11) is 5.22. The van der Waals surface area contributed by atoms with Crippen molar-refractivity contribution in [2.24, 2.45) is 0 Å². The number of ether oxygens (including phenoxy) is 2. The fraction of sp³-hybridized carbons (Fsp3) is 0.492. The molecule has 4 saturated heterocycles. The van der Waals surface area contributed by atoms with Crippen molar-refractivity contribution in [1.29, 1.82) is 0 Å². The summed E-state index contributed by atoms with van der Waals surface area (Å²) >= 11 is 16.6. The van der Waals surface area contributed by atoms with Crippen LogP contribution in [0.3, 0.4) is 0 Å². The van der Waals surface area contributed by atoms with Gasteiger partial charge in [-0.1, -0.05) is 34.8 Å². The van der Waals surface area contributed by atoms with Gasteiger partial charge in [0.2, 0.25) is 23.8 Å². The van der Waals surface area contributed by atoms with Crippen molar-refractivity contribution in [2.75, 3.05) is 93.1 Å². The molecule has 4 aliphatic heterocycles. The first-order valence-electron chi connectivity index (χ1n) is 30.4. The second-order valence-electron chi connectivity index (χ2n) is 25.2. The summed E-state index contributed by atoms with van der Waals surface area (Å²) < 4.78 is 22.4. The number of nitrogens with zero attached hydrogens (tertiary/aromatic N) is 16. The van der Waals surface area contributed by atoms with Gasteiger partial charge in [-0.05, 0) is 126 Å². The molecule has 4 aliphatic rings. The van der Waals surface area contributed by atoms with Crippen LogP contribution in [0.2, 0.25) is 15.5 Å². The Kier molecular flexibility index (Phi) is 25.3. The average Bonchev–Trinajstić information content (AvgIpc) is 1.56. The molecule has 8 aromatic heterocycles. The van der Waals surface area contributed by atoms with Crippen LogP contribution in [-0.2, 0) is 18.8 Å². The maximum Gasteiger partial charge on any atom is 0.513 e. The van der Waals surface area contributed by atoms with E-state index in [4.69, 9.17) is 76.5 Å². The van der Waals surface area contributed by atoms with Crippen LogP contribution < -0.4 is 49.0 Å². The van der Waals surface area contributed by atoms with Crippen LogP contribution in [0.1, 0.15) is 88.5 Å². The predicted octanol–water partition coefficient (Wildman–Crippen LogP) is 6.53. The van der Waals surface area contributed by atoms with Crippen LogP contribution in [0.4, 0.5) is 45.0 Å². The quantitative estimate of drug-likeness (QED) is 0.0542. The third-order valence-electron chi connectivity index (χ3n) is 15.1. The molecule has 2 amide bonds. The van der Waals surface area contributed by atoms with E-state index >= 15 is 0 Å². The van der Waals surface area contributed by atoms with Crippen molar-refractivity contribution in [3.05, 3.63) is 88.8 Å². The molecule has 12 heterocycles. The molecule has 32 nitrogen and oxygen atoms in total. The number of halogens is 3. The zero-order chi connectivity index (χ0) is 69.4. The van der Waals surface area contributed by atoms with Crippen LogP contribution in [0.25, 0.3) is 34.2 Å². The second kappa shape index (κ2) is 32.6. The molecular formula is C59H86BCl3N26O6. The Hall–Kier alpha value is -8.73. The molecule has 0 unspecified atom stereocenters. The van der Waals surface area contributed by atoms with Crippen molar-refractivity contribution >= 4 is 95.1 Å². The Labute approximate surface area is 567 Å². The highest BCUT2D eigenvalue weighted by atomic mass is 35.5. The topological polar surface area (TPSA) is 430 Å². The number of H-pyrrole nitrogens is 4. The number of nitrogens with two attached hydrogens (primary N) is 4. The first-order valence-corrected chi connectivity index (χ1v) is 31.6. The first-order chi connectivity index (χ1) is 44.7. The molecule has 0 aromatic carbocycles. The summed E-state index contributed by atoms with van der Waals surface area (Å²) in [6.07, 6.45) is 9.09. The summed E-state index contributed by atoms with van der Waals surface area (Å²) in [5, 5.41) is 34.3. The lowest BCUT2D eigenvalue weighted by molar-refractivity contribution is 0.00578. The fourth-order valence-corrected chi connectivity index (χ4v) is 10.1. The van der Waals surface area contributed by atoms with Gasteiger partial charge in [-0.3, -0.25) is 20.4 Å². The minimum absolute atomic E-state index is 0.0524. The highest BCUT2D eigenvalue weighted by Crippen LogP contribution is 2.36. The zero-order valence-corrected chi connectivity index (χ0v) is 57.9. The summed E-state index contributed by atoms with van der Waals surface area (Å²) in [6, 6.07) is 15.0. The van der Waals surface area contributed by atoms with Gasteiger partial charge in [0.05, 0.1) is 57.0 Å². The van der Waals surface area contributed by atoms with Crippen molar-refractivity contribution in [1.82, 2.24) is 101 Å². The highest BCUT2D eigenvalue weighted by molar-refractivity contribution is 6.61. The summed E-state index contributed by atoms with van der Waals surface area (Å²) in [5.41, 5.74) is 26.1. The third kappa shape index (κ3) is 22.2. The molecule has 14 N–H and O–H groups in total. The van der Waals surface area contributed by atoms with Crippen LogP contribution >= 0.6 is 34.8 Å². The number of nitrogens with one attached hydrogen (secondary N) is 6. The highest BCUT2D eigenvalue weighted by Gasteiger charge is 2.52. The molecule has 4 fully saturated rings. The van der Waals surface area contributed by atoms with E-state index in [1.54, 1.807) is 60.8 Å². The van der Waals surface area contributed by atoms with E-state index < -0.39 is 11.2 Å². The number of carbonyl (C=O) groups excluding carboxylic acids is 2. The normalized spacial score (nSPS) is 17.7. The lowest BCUT2D eigenvalue weighted by Gasteiger charge is -2.32. The summed E-state index contributed by atoms with van der Waals surface area (Å²) in [4.78, 5) is 63.6. The number of nitrogen functional groups attached to an aromatic ring is 4. The minimum Gasteiger partial charge on any atom is -0.444 e. The molecule has 0 aliphatic carbocycles. The Morgan fingerprint density at radius 3 is 1.38 bits per heavy atom. The van der Waals surface area contributed by atoms with Gasteiger partial charge in [0.1, 0.15) is 38.3 Å². The second-order valence-corrected chi connectivity index (χ2v) is 26.4. The van der Waals surface area contributed by atoms with E-state index in [1.807, 2.05) is 107 Å². The van der Waals surface area contributed by atoms with E-state index in [0.29, 0.717) is 29.1 Å². The van der Waals surface area contributed by atoms with Crippen molar-refractivity contribution in [3.8, 4) is 34.2 Å². The number of amides is 2. The number of aromatic nitrogens is 16. The summed E-state index contributed by atoms with van der Waals surface area (Å²) in [5.74, 6) is 2.34. The number of carbonyl (C=O) groups is 2. The van der Waals surface area contributed by atoms with Crippen molar-refractivity contribution < 1.29 is 28.4 Å². The molecule has 512 valence electrons. The smallest absolute Gasteiger partial charge is 0.444 e. The lowest BCUT2D eigenvalue weighted by atomic mass is 9.85. The number of rotatable bonds is 9. The van der Waals surface area contributed by atoms with Gasteiger partial charge in [0, 0.05) is 108 Å². The largest absolute Gasteiger partial charge is 0.513 e. The van der Waals surface area contributed by atoms with E-state index in [1.165, 1.54) is 6.07 Å². The number of hydrogen-bond acceptors (Lipinski definition) is 26. The number of likely N-dealkylation sites (N-methyl/N-ethyl adjacent to an activating group) is 3. The molecule has 36 heteroatoms. The van der Waals surface area contributed by atoms with Gasteiger partial charge in [-0.15, -0.1) is 0 Å². The van der Waals surface area contributed by atoms with Gasteiger partial charge < -0.3 is 72.0 Å². The molecule has 0 radical (unpaired) electrons. The first kappa shape index (κ1) is 73.7. The Morgan fingerprint density at radius 2 is 0.989 bits per heavy atom. The molecule has 0 spiro atoms. The number of hydrogen-bond donors (Lipinski definition) is 10. The molecule has 0 bridgehead atoms. The molecule has 8 aromatic rings. The van der Waals surface area contributed by atoms with Crippen LogP contribution in [-0.4, -0.2) is 211 Å². The van der Waals surface area contributed by atoms with Crippen LogP contribution in [0.15, 0.2) is 73.3 Å². The van der Waals surface area contributed by atoms with Gasteiger partial charge in [-0.25, -0.2) is 39.5 Å². The average molecular weight is 1370 g/mol. The van der Waals surface area contributed by atoms with E-state index in [-0.39, 0.29) is 76.7 Å². The van der Waals surface area contributed by atoms with Gasteiger partial charge in [0.15, 0.2) is 0 Å². The third-order valence-corrected chi connectivity index (χ3v) is 15.7. The lowest BCUT2D eigenvalue weighted by Crippen LogP contribution is -2.42. The standard InChI is InChI=1S/C17H25N7O2.C12H17N7.C10H20N2O2.C9H15BN2O2.C7H6ClN5.C4H3Cl2N3/c1-17(2,3)26-16(25)23(4)11-6-8-24(10-11)14-9-13(20-15(18)21-14)12-5-7-19-22-12;1-14-8-3-5-19(7-8)11-6-10(16-12(13)17-11)9-2-4-15-18-9;1-10(2,3)14-9(13)12(4)8-5-6-11-7-8;1-8(2)9(3,4)14-10(13-8)7-5-6-11-12-7;8-6-3-5(11-7(9)12-6)4-1-2-10-13-4;5-2-1-3(6)9-4(7)8-2/h5,7,9,11H,6,8,10H2,1-4H3,(H,19,22)(H2,18,20,21);2,4,6,8,14H,3,5,7H2,1H3,(H,15,18)(H2,13,16,17);8,11H,5-7H2,1-4H3;5-6H,1-4H3,(H,11,12);1-3H,(H,10,13)(H2,9,11,12);1H,(H2,7,8,9)/t11-;2*8-;;;/m111.../s1.